The molecule has 0 atom stereocenters. The van der Waals surface area contributed by atoms with Crippen LogP contribution in [-0.2, 0) is 10.2 Å². The van der Waals surface area contributed by atoms with Crippen LogP contribution >= 0.6 is 0 Å². The first-order valence-corrected chi connectivity index (χ1v) is 7.60. The number of nitrogens with zero attached hydrogens (tertiary/aromatic N) is 1. The molecule has 2 aromatic rings. The molecule has 1 amide bonds. The maximum atomic E-state index is 12.2. The Morgan fingerprint density at radius 3 is 2.50 bits per heavy atom. The average Bonchev–Trinajstić information content (AvgIpc) is 2.52. The smallest absolute Gasteiger partial charge is 0.270 e. The predicted molar refractivity (Wildman–Crippen MR) is 95.9 cm³/mol. The zero-order chi connectivity index (χ0) is 17.7. The molecule has 0 radical (unpaired) electrons. The van der Waals surface area contributed by atoms with Crippen LogP contribution in [0.3, 0.4) is 0 Å². The summed E-state index contributed by atoms with van der Waals surface area (Å²) in [6.07, 6.45) is 2.93. The number of benzene rings is 2. The van der Waals surface area contributed by atoms with Gasteiger partial charge in [-0.05, 0) is 28.7 Å². The normalized spacial score (nSPS) is 11.5. The third-order valence-electron chi connectivity index (χ3n) is 3.50. The van der Waals surface area contributed by atoms with Crippen LogP contribution in [0.25, 0.3) is 6.08 Å². The summed E-state index contributed by atoms with van der Waals surface area (Å²) < 4.78 is 0. The standard InChI is InChI=1S/C19H20N2O3/c1-19(2,3)16-9-4-5-10-17(16)20-18(22)12-11-14-7-6-8-15(13-14)21(23)24/h4-13H,1-3H3,(H,20,22)/b12-11+. The fourth-order valence-corrected chi connectivity index (χ4v) is 2.33. The van der Waals surface area contributed by atoms with Crippen molar-refractivity contribution in [2.45, 2.75) is 26.2 Å². The molecule has 0 aliphatic carbocycles. The summed E-state index contributed by atoms with van der Waals surface area (Å²) in [4.78, 5) is 22.5. The van der Waals surface area contributed by atoms with E-state index in [1.807, 2.05) is 24.3 Å². The van der Waals surface area contributed by atoms with Crippen LogP contribution in [0.2, 0.25) is 0 Å². The summed E-state index contributed by atoms with van der Waals surface area (Å²) in [6.45, 7) is 6.24. The van der Waals surface area contributed by atoms with E-state index in [0.29, 0.717) is 5.56 Å². The maximum Gasteiger partial charge on any atom is 0.270 e. The highest BCUT2D eigenvalue weighted by atomic mass is 16.6. The van der Waals surface area contributed by atoms with E-state index in [-0.39, 0.29) is 17.0 Å². The summed E-state index contributed by atoms with van der Waals surface area (Å²) in [5.74, 6) is -0.279. The van der Waals surface area contributed by atoms with Gasteiger partial charge >= 0.3 is 0 Å². The van der Waals surface area contributed by atoms with Gasteiger partial charge in [0, 0.05) is 23.9 Å². The molecule has 0 bridgehead atoms. The number of carbonyl (C=O) groups is 1. The lowest BCUT2D eigenvalue weighted by Crippen LogP contribution is -2.17. The minimum atomic E-state index is -0.461. The topological polar surface area (TPSA) is 72.2 Å². The zero-order valence-electron chi connectivity index (χ0n) is 13.9. The van der Waals surface area contributed by atoms with Gasteiger partial charge in [0.05, 0.1) is 4.92 Å². The molecule has 0 aliphatic rings. The molecule has 2 aromatic carbocycles. The number of nitro groups is 1. The fraction of sp³-hybridized carbons (Fsp3) is 0.211. The molecule has 2 rings (SSSR count). The first-order valence-electron chi connectivity index (χ1n) is 7.60. The summed E-state index contributed by atoms with van der Waals surface area (Å²) in [6, 6.07) is 13.8. The van der Waals surface area contributed by atoms with Gasteiger partial charge < -0.3 is 5.32 Å². The second kappa shape index (κ2) is 7.08. The summed E-state index contributed by atoms with van der Waals surface area (Å²) >= 11 is 0. The monoisotopic (exact) mass is 324 g/mol. The molecule has 5 heteroatoms. The van der Waals surface area contributed by atoms with Crippen molar-refractivity contribution in [2.75, 3.05) is 5.32 Å². The Hall–Kier alpha value is -2.95. The molecule has 1 N–H and O–H groups in total. The van der Waals surface area contributed by atoms with E-state index < -0.39 is 4.92 Å². The van der Waals surface area contributed by atoms with Crippen LogP contribution in [0, 0.1) is 10.1 Å². The molecular weight excluding hydrogens is 304 g/mol. The average molecular weight is 324 g/mol. The highest BCUT2D eigenvalue weighted by molar-refractivity contribution is 6.02. The number of para-hydroxylation sites is 1. The molecule has 0 aromatic heterocycles. The van der Waals surface area contributed by atoms with E-state index in [4.69, 9.17) is 0 Å². The minimum absolute atomic E-state index is 0.00404. The third kappa shape index (κ3) is 4.52. The zero-order valence-corrected chi connectivity index (χ0v) is 13.9. The SMILES string of the molecule is CC(C)(C)c1ccccc1NC(=O)/C=C/c1cccc([N+](=O)[O-])c1. The predicted octanol–water partition coefficient (Wildman–Crippen LogP) is 4.54. The number of rotatable bonds is 4. The van der Waals surface area contributed by atoms with Crippen LogP contribution in [0.1, 0.15) is 31.9 Å². The Morgan fingerprint density at radius 1 is 1.12 bits per heavy atom. The number of nitro benzene ring substituents is 1. The first-order chi connectivity index (χ1) is 11.3. The van der Waals surface area contributed by atoms with E-state index >= 15 is 0 Å². The van der Waals surface area contributed by atoms with Gasteiger partial charge in [-0.15, -0.1) is 0 Å². The van der Waals surface area contributed by atoms with Gasteiger partial charge in [-0.25, -0.2) is 0 Å². The minimum Gasteiger partial charge on any atom is -0.322 e. The molecule has 0 spiro atoms. The largest absolute Gasteiger partial charge is 0.322 e. The van der Waals surface area contributed by atoms with Gasteiger partial charge in [-0.3, -0.25) is 14.9 Å². The van der Waals surface area contributed by atoms with Gasteiger partial charge in [0.25, 0.3) is 5.69 Å². The molecule has 0 saturated heterocycles. The molecule has 0 aliphatic heterocycles. The molecule has 0 saturated carbocycles. The van der Waals surface area contributed by atoms with Gasteiger partial charge in [-0.2, -0.15) is 0 Å². The number of amides is 1. The van der Waals surface area contributed by atoms with E-state index in [1.165, 1.54) is 18.2 Å². The molecule has 0 fully saturated rings. The van der Waals surface area contributed by atoms with Crippen LogP contribution < -0.4 is 5.32 Å². The van der Waals surface area contributed by atoms with Gasteiger partial charge in [-0.1, -0.05) is 51.1 Å². The fourth-order valence-electron chi connectivity index (χ4n) is 2.33. The van der Waals surface area contributed by atoms with E-state index in [2.05, 4.69) is 26.1 Å². The van der Waals surface area contributed by atoms with Crippen LogP contribution in [0.15, 0.2) is 54.6 Å². The van der Waals surface area contributed by atoms with E-state index in [9.17, 15) is 14.9 Å². The van der Waals surface area contributed by atoms with Crippen LogP contribution in [0.4, 0.5) is 11.4 Å². The van der Waals surface area contributed by atoms with Gasteiger partial charge in [0.15, 0.2) is 0 Å². The number of nitrogens with one attached hydrogen (secondary N) is 1. The number of hydrogen-bond acceptors (Lipinski definition) is 3. The molecule has 24 heavy (non-hydrogen) atoms. The molecule has 5 nitrogen and oxygen atoms in total. The van der Waals surface area contributed by atoms with Crippen molar-refractivity contribution in [3.8, 4) is 0 Å². The first kappa shape index (κ1) is 17.4. The number of non-ortho nitro benzene ring substituents is 1. The number of carbonyl (C=O) groups excluding carboxylic acids is 1. The molecule has 124 valence electrons. The summed E-state index contributed by atoms with van der Waals surface area (Å²) in [5, 5.41) is 13.6. The van der Waals surface area contributed by atoms with E-state index in [0.717, 1.165) is 11.3 Å². The Labute approximate surface area is 141 Å². The second-order valence-electron chi connectivity index (χ2n) is 6.47. The van der Waals surface area contributed by atoms with Crippen molar-refractivity contribution >= 4 is 23.4 Å². The summed E-state index contributed by atoms with van der Waals surface area (Å²) in [5.41, 5.74) is 2.31. The summed E-state index contributed by atoms with van der Waals surface area (Å²) in [7, 11) is 0. The maximum absolute atomic E-state index is 12.2. The Kier molecular flexibility index (Phi) is 5.14. The lowest BCUT2D eigenvalue weighted by molar-refractivity contribution is -0.384. The highest BCUT2D eigenvalue weighted by Gasteiger charge is 2.17. The Bertz CT molecular complexity index is 789. The van der Waals surface area contributed by atoms with Crippen molar-refractivity contribution in [3.63, 3.8) is 0 Å². The molecular formula is C19H20N2O3. The Morgan fingerprint density at radius 2 is 1.83 bits per heavy atom. The van der Waals surface area contributed by atoms with Crippen LogP contribution in [0.5, 0.6) is 0 Å². The second-order valence-corrected chi connectivity index (χ2v) is 6.47. The van der Waals surface area contributed by atoms with Crippen molar-refractivity contribution in [1.29, 1.82) is 0 Å². The van der Waals surface area contributed by atoms with Gasteiger partial charge in [0.1, 0.15) is 0 Å². The molecule has 0 unspecified atom stereocenters. The number of anilines is 1. The Balaban J connectivity index is 2.15. The number of hydrogen-bond donors (Lipinski definition) is 1. The van der Waals surface area contributed by atoms with Crippen molar-refractivity contribution in [3.05, 3.63) is 75.8 Å². The van der Waals surface area contributed by atoms with Crippen LogP contribution in [-0.4, -0.2) is 10.8 Å². The lowest BCUT2D eigenvalue weighted by Gasteiger charge is -2.22. The molecule has 0 heterocycles. The van der Waals surface area contributed by atoms with Crippen molar-refractivity contribution in [2.24, 2.45) is 0 Å². The van der Waals surface area contributed by atoms with E-state index in [1.54, 1.807) is 18.2 Å². The highest BCUT2D eigenvalue weighted by Crippen LogP contribution is 2.29. The van der Waals surface area contributed by atoms with Gasteiger partial charge in [0.2, 0.25) is 5.91 Å². The van der Waals surface area contributed by atoms with Crippen molar-refractivity contribution in [1.82, 2.24) is 0 Å². The van der Waals surface area contributed by atoms with Crippen molar-refractivity contribution < 1.29 is 9.72 Å². The lowest BCUT2D eigenvalue weighted by atomic mass is 9.86. The quantitative estimate of drug-likeness (QED) is 0.509. The third-order valence-corrected chi connectivity index (χ3v) is 3.50.